The second kappa shape index (κ2) is 11.8. The Kier molecular flexibility index (Phi) is 9.00. The lowest BCUT2D eigenvalue weighted by Gasteiger charge is -2.34. The summed E-state index contributed by atoms with van der Waals surface area (Å²) in [6.45, 7) is 9.21. The van der Waals surface area contributed by atoms with Crippen LogP contribution in [-0.4, -0.2) is 75.1 Å². The van der Waals surface area contributed by atoms with Crippen LogP contribution in [0.3, 0.4) is 0 Å². The number of Topliss-reactive ketones (excluding diaryl/α,β-unsaturated/α-hetero) is 1. The Hall–Kier alpha value is -3.64. The van der Waals surface area contributed by atoms with Crippen LogP contribution in [0.15, 0.2) is 33.5 Å². The molecule has 2 heterocycles. The number of aryl methyl sites for hydroxylation is 1. The summed E-state index contributed by atoms with van der Waals surface area (Å²) in [7, 11) is 1.07. The fraction of sp³-hybridized carbons (Fsp3) is 0.538. The van der Waals surface area contributed by atoms with E-state index in [-0.39, 0.29) is 11.8 Å². The van der Waals surface area contributed by atoms with Crippen LogP contribution >= 0.6 is 0 Å². The molecule has 3 amide bonds. The second-order valence-corrected chi connectivity index (χ2v) is 10.1. The Morgan fingerprint density at radius 1 is 1.11 bits per heavy atom. The van der Waals surface area contributed by atoms with Crippen molar-refractivity contribution in [2.75, 3.05) is 13.7 Å². The number of rotatable bonds is 8. The third-order valence-corrected chi connectivity index (χ3v) is 6.68. The molecule has 0 bridgehead atoms. The van der Waals surface area contributed by atoms with Crippen LogP contribution in [0.25, 0.3) is 5.69 Å². The summed E-state index contributed by atoms with van der Waals surface area (Å²) in [5, 5.41) is 4.12. The first-order valence-electron chi connectivity index (χ1n) is 12.6. The lowest BCUT2D eigenvalue weighted by molar-refractivity contribution is -0.146. The molecular weight excluding hydrogens is 494 g/mol. The fourth-order valence-electron chi connectivity index (χ4n) is 4.54. The molecule has 3 atom stereocenters. The van der Waals surface area contributed by atoms with Crippen LogP contribution in [-0.2, 0) is 14.3 Å². The van der Waals surface area contributed by atoms with Gasteiger partial charge < -0.3 is 14.9 Å². The number of hydrogen-bond donors (Lipinski definition) is 1. The van der Waals surface area contributed by atoms with Crippen molar-refractivity contribution in [2.45, 2.75) is 65.6 Å². The van der Waals surface area contributed by atoms with E-state index in [1.807, 2.05) is 6.92 Å². The predicted molar refractivity (Wildman–Crippen MR) is 137 cm³/mol. The van der Waals surface area contributed by atoms with Gasteiger partial charge in [0.05, 0.1) is 30.9 Å². The molecule has 2 N–H and O–H groups in total. The Balaban J connectivity index is 1.94. The molecule has 12 heteroatoms. The van der Waals surface area contributed by atoms with Gasteiger partial charge >= 0.3 is 11.8 Å². The van der Waals surface area contributed by atoms with E-state index in [0.29, 0.717) is 30.0 Å². The molecular formula is C26H35N5O7. The molecule has 3 rings (SSSR count). The van der Waals surface area contributed by atoms with Gasteiger partial charge in [-0.1, -0.05) is 45.4 Å². The third-order valence-electron chi connectivity index (χ3n) is 6.68. The van der Waals surface area contributed by atoms with Gasteiger partial charge in [-0.25, -0.2) is 9.59 Å². The van der Waals surface area contributed by atoms with Crippen molar-refractivity contribution < 1.29 is 28.3 Å². The highest BCUT2D eigenvalue weighted by atomic mass is 16.5. The summed E-state index contributed by atoms with van der Waals surface area (Å²) in [5.74, 6) is -4.16. The summed E-state index contributed by atoms with van der Waals surface area (Å²) >= 11 is 0. The average Bonchev–Trinajstić information content (AvgIpc) is 3.50. The van der Waals surface area contributed by atoms with Crippen LogP contribution in [0, 0.1) is 18.8 Å². The van der Waals surface area contributed by atoms with Crippen molar-refractivity contribution in [3.63, 3.8) is 0 Å². The molecule has 0 saturated carbocycles. The van der Waals surface area contributed by atoms with Crippen LogP contribution in [0.1, 0.15) is 56.8 Å². The van der Waals surface area contributed by atoms with Crippen molar-refractivity contribution in [1.29, 1.82) is 0 Å². The van der Waals surface area contributed by atoms with Crippen molar-refractivity contribution in [3.05, 3.63) is 46.3 Å². The predicted octanol–water partition coefficient (Wildman–Crippen LogP) is 1.91. The summed E-state index contributed by atoms with van der Waals surface area (Å²) < 4.78 is 10.9. The average molecular weight is 530 g/mol. The first kappa shape index (κ1) is 28.9. The zero-order valence-electron chi connectivity index (χ0n) is 22.5. The SMILES string of the molecule is COC(=O)N(C(=O)[C@@H](N)C(C)C)C(=O)[C@@H]1CCCN1[C@H](C(=O)c1nn(-c2ccc(C)cc2)c(=O)o1)C(C)C. The number of carbonyl (C=O) groups excluding carboxylic acids is 4. The van der Waals surface area contributed by atoms with Crippen molar-refractivity contribution in [1.82, 2.24) is 19.6 Å². The van der Waals surface area contributed by atoms with E-state index in [1.165, 1.54) is 0 Å². The highest BCUT2D eigenvalue weighted by molar-refractivity contribution is 6.12. The van der Waals surface area contributed by atoms with Gasteiger partial charge in [-0.05, 0) is 50.3 Å². The monoisotopic (exact) mass is 529 g/mol. The number of amides is 3. The number of likely N-dealkylation sites (tertiary alicyclic amines) is 1. The Morgan fingerprint density at radius 2 is 1.74 bits per heavy atom. The molecule has 1 aliphatic rings. The van der Waals surface area contributed by atoms with Gasteiger partial charge in [0, 0.05) is 0 Å². The maximum absolute atomic E-state index is 13.6. The Bertz CT molecular complexity index is 1250. The zero-order chi connectivity index (χ0) is 28.3. The lowest BCUT2D eigenvalue weighted by atomic mass is 9.96. The number of aromatic nitrogens is 2. The summed E-state index contributed by atoms with van der Waals surface area (Å²) in [6.07, 6.45) is -0.304. The van der Waals surface area contributed by atoms with E-state index in [9.17, 15) is 24.0 Å². The number of ether oxygens (including phenoxy) is 1. The molecule has 1 aromatic heterocycles. The van der Waals surface area contributed by atoms with Crippen LogP contribution in [0.2, 0.25) is 0 Å². The van der Waals surface area contributed by atoms with Gasteiger partial charge in [0.1, 0.15) is 0 Å². The molecule has 0 unspecified atom stereocenters. The molecule has 0 spiro atoms. The molecule has 1 aromatic carbocycles. The summed E-state index contributed by atoms with van der Waals surface area (Å²) in [6, 6.07) is 3.98. The number of ketones is 1. The van der Waals surface area contributed by atoms with Crippen LogP contribution in [0.5, 0.6) is 0 Å². The standard InChI is InChI=1S/C26H35N5O7/c1-14(2)19(27)24(34)30(25(35)37-6)23(33)18-8-7-13-29(18)20(15(3)4)21(32)22-28-31(26(36)38-22)17-11-9-16(5)10-12-17/h9-12,14-15,18-20H,7-8,13,27H2,1-6H3/t18-,19-,20-/m0/s1. The van der Waals surface area contributed by atoms with Crippen LogP contribution < -0.4 is 11.5 Å². The number of imide groups is 3. The lowest BCUT2D eigenvalue weighted by Crippen LogP contribution is -2.58. The number of methoxy groups -OCH3 is 1. The van der Waals surface area contributed by atoms with Crippen molar-refractivity contribution >= 4 is 23.7 Å². The van der Waals surface area contributed by atoms with Gasteiger partial charge in [-0.15, -0.1) is 5.10 Å². The number of carbonyl (C=O) groups is 4. The normalized spacial score (nSPS) is 17.4. The molecule has 2 aromatic rings. The highest BCUT2D eigenvalue weighted by Crippen LogP contribution is 2.28. The Morgan fingerprint density at radius 3 is 2.29 bits per heavy atom. The van der Waals surface area contributed by atoms with E-state index in [2.05, 4.69) is 5.10 Å². The minimum absolute atomic E-state index is 0.300. The first-order chi connectivity index (χ1) is 17.9. The molecule has 12 nitrogen and oxygen atoms in total. The topological polar surface area (TPSA) is 158 Å². The molecule has 0 radical (unpaired) electrons. The van der Waals surface area contributed by atoms with Crippen LogP contribution in [0.4, 0.5) is 4.79 Å². The number of hydrogen-bond acceptors (Lipinski definition) is 10. The minimum Gasteiger partial charge on any atom is -0.452 e. The molecule has 1 saturated heterocycles. The third kappa shape index (κ3) is 5.76. The minimum atomic E-state index is -1.14. The molecule has 1 fully saturated rings. The van der Waals surface area contributed by atoms with Gasteiger partial charge in [-0.3, -0.25) is 19.3 Å². The quantitative estimate of drug-likeness (QED) is 0.501. The maximum atomic E-state index is 13.6. The van der Waals surface area contributed by atoms with Gasteiger partial charge in [0.2, 0.25) is 5.78 Å². The Labute approximate surface area is 220 Å². The number of benzene rings is 1. The fourth-order valence-corrected chi connectivity index (χ4v) is 4.54. The maximum Gasteiger partial charge on any atom is 0.442 e. The highest BCUT2D eigenvalue weighted by Gasteiger charge is 2.46. The smallest absolute Gasteiger partial charge is 0.442 e. The van der Waals surface area contributed by atoms with E-state index in [1.54, 1.807) is 56.9 Å². The molecule has 1 aliphatic heterocycles. The van der Waals surface area contributed by atoms with Gasteiger partial charge in [0.25, 0.3) is 17.7 Å². The molecule has 38 heavy (non-hydrogen) atoms. The zero-order valence-corrected chi connectivity index (χ0v) is 22.5. The van der Waals surface area contributed by atoms with E-state index >= 15 is 0 Å². The van der Waals surface area contributed by atoms with Crippen molar-refractivity contribution in [2.24, 2.45) is 17.6 Å². The first-order valence-corrected chi connectivity index (χ1v) is 12.6. The van der Waals surface area contributed by atoms with E-state index in [4.69, 9.17) is 14.9 Å². The number of nitrogens with zero attached hydrogens (tertiary/aromatic N) is 4. The van der Waals surface area contributed by atoms with Crippen molar-refractivity contribution in [3.8, 4) is 5.69 Å². The van der Waals surface area contributed by atoms with Gasteiger partial charge in [0.15, 0.2) is 0 Å². The van der Waals surface area contributed by atoms with Gasteiger partial charge in [-0.2, -0.15) is 9.58 Å². The molecule has 206 valence electrons. The van der Waals surface area contributed by atoms with E-state index < -0.39 is 53.5 Å². The summed E-state index contributed by atoms with van der Waals surface area (Å²) in [4.78, 5) is 67.3. The molecule has 0 aliphatic carbocycles. The summed E-state index contributed by atoms with van der Waals surface area (Å²) in [5.41, 5.74) is 7.38. The number of nitrogens with two attached hydrogens (primary N) is 1. The second-order valence-electron chi connectivity index (χ2n) is 10.1. The van der Waals surface area contributed by atoms with E-state index in [0.717, 1.165) is 17.4 Å². The largest absolute Gasteiger partial charge is 0.452 e.